The van der Waals surface area contributed by atoms with Gasteiger partial charge in [-0.1, -0.05) is 18.2 Å². The fourth-order valence-corrected chi connectivity index (χ4v) is 1.66. The third-order valence-electron chi connectivity index (χ3n) is 2.30. The van der Waals surface area contributed by atoms with E-state index in [9.17, 15) is 0 Å². The highest BCUT2D eigenvalue weighted by atomic mass is 15.4. The van der Waals surface area contributed by atoms with Gasteiger partial charge in [-0.3, -0.25) is 4.68 Å². The molecule has 2 aromatic rings. The van der Waals surface area contributed by atoms with E-state index in [0.717, 1.165) is 16.5 Å². The van der Waals surface area contributed by atoms with Crippen LogP contribution in [0, 0.1) is 11.3 Å². The molecule has 3 heteroatoms. The van der Waals surface area contributed by atoms with E-state index in [1.165, 1.54) is 0 Å². The van der Waals surface area contributed by atoms with E-state index in [-0.39, 0.29) is 0 Å². The van der Waals surface area contributed by atoms with E-state index in [1.54, 1.807) is 0 Å². The Morgan fingerprint density at radius 1 is 1.43 bits per heavy atom. The maximum Gasteiger partial charge on any atom is 0.0695 e. The summed E-state index contributed by atoms with van der Waals surface area (Å²) in [5.41, 5.74) is 5.23. The van der Waals surface area contributed by atoms with Crippen LogP contribution in [0.1, 0.15) is 5.56 Å². The fourth-order valence-electron chi connectivity index (χ4n) is 1.66. The lowest BCUT2D eigenvalue weighted by Crippen LogP contribution is -2.05. The summed E-state index contributed by atoms with van der Waals surface area (Å²) in [6.45, 7) is 0. The fraction of sp³-hybridized carbons (Fsp3) is 0.182. The van der Waals surface area contributed by atoms with Crippen LogP contribution in [0.25, 0.3) is 10.9 Å². The van der Waals surface area contributed by atoms with Crippen LogP contribution in [0.5, 0.6) is 0 Å². The van der Waals surface area contributed by atoms with Crippen molar-refractivity contribution in [2.75, 3.05) is 12.5 Å². The van der Waals surface area contributed by atoms with Crippen molar-refractivity contribution in [3.8, 4) is 6.07 Å². The molecule has 0 spiro atoms. The lowest BCUT2D eigenvalue weighted by Gasteiger charge is -2.01. The van der Waals surface area contributed by atoms with Crippen LogP contribution in [-0.4, -0.2) is 11.7 Å². The maximum atomic E-state index is 8.68. The minimum Gasteiger partial charge on any atom is -0.329 e. The Kier molecular flexibility index (Phi) is 2.11. The summed E-state index contributed by atoms with van der Waals surface area (Å²) >= 11 is 0. The molecule has 3 nitrogen and oxygen atoms in total. The van der Waals surface area contributed by atoms with Gasteiger partial charge >= 0.3 is 0 Å². The summed E-state index contributed by atoms with van der Waals surface area (Å²) < 4.78 is 1.93. The molecule has 14 heavy (non-hydrogen) atoms. The van der Waals surface area contributed by atoms with Gasteiger partial charge in [-0.25, -0.2) is 0 Å². The maximum absolute atomic E-state index is 8.68. The Hall–Kier alpha value is -1.95. The van der Waals surface area contributed by atoms with Crippen molar-refractivity contribution in [1.82, 2.24) is 4.68 Å². The molecule has 1 N–H and O–H groups in total. The van der Waals surface area contributed by atoms with Crippen LogP contribution in [-0.2, 0) is 6.42 Å². The summed E-state index contributed by atoms with van der Waals surface area (Å²) in [5.74, 6) is 0. The molecule has 0 saturated carbocycles. The number of fused-ring (bicyclic) bond motifs is 1. The summed E-state index contributed by atoms with van der Waals surface area (Å²) in [6, 6.07) is 10.2. The third kappa shape index (κ3) is 1.21. The molecule has 1 aromatic heterocycles. The molecule has 0 unspecified atom stereocenters. The van der Waals surface area contributed by atoms with Crippen LogP contribution in [0.15, 0.2) is 30.5 Å². The second kappa shape index (κ2) is 3.43. The number of nitrogens with one attached hydrogen (secondary N) is 1. The van der Waals surface area contributed by atoms with Crippen molar-refractivity contribution in [3.05, 3.63) is 36.0 Å². The predicted molar refractivity (Wildman–Crippen MR) is 56.5 cm³/mol. The highest BCUT2D eigenvalue weighted by Gasteiger charge is 2.05. The van der Waals surface area contributed by atoms with Crippen molar-refractivity contribution in [1.29, 1.82) is 5.26 Å². The van der Waals surface area contributed by atoms with Crippen LogP contribution < -0.4 is 5.43 Å². The first kappa shape index (κ1) is 8.64. The molecule has 2 rings (SSSR count). The van der Waals surface area contributed by atoms with Gasteiger partial charge in [-0.15, -0.1) is 0 Å². The minimum absolute atomic E-state index is 0.454. The Balaban J connectivity index is 2.68. The van der Waals surface area contributed by atoms with Gasteiger partial charge in [0, 0.05) is 18.6 Å². The topological polar surface area (TPSA) is 40.8 Å². The van der Waals surface area contributed by atoms with E-state index in [0.29, 0.717) is 6.42 Å². The first-order valence-electron chi connectivity index (χ1n) is 4.50. The first-order chi connectivity index (χ1) is 6.86. The second-order valence-corrected chi connectivity index (χ2v) is 3.10. The number of benzene rings is 1. The monoisotopic (exact) mass is 185 g/mol. The van der Waals surface area contributed by atoms with Crippen LogP contribution in [0.2, 0.25) is 0 Å². The zero-order valence-corrected chi connectivity index (χ0v) is 7.99. The first-order valence-corrected chi connectivity index (χ1v) is 4.50. The highest BCUT2D eigenvalue weighted by molar-refractivity contribution is 5.84. The molecular formula is C11H11N3. The number of nitrogens with zero attached hydrogens (tertiary/aromatic N) is 2. The van der Waals surface area contributed by atoms with Crippen molar-refractivity contribution >= 4 is 10.9 Å². The van der Waals surface area contributed by atoms with Crippen LogP contribution in [0.4, 0.5) is 0 Å². The standard InChI is InChI=1S/C11H11N3/c1-13-14-8-9(6-7-12)10-4-2-3-5-11(10)14/h2-5,8,13H,6H2,1H3. The van der Waals surface area contributed by atoms with Crippen molar-refractivity contribution in [2.24, 2.45) is 0 Å². The Labute approximate surface area is 82.5 Å². The molecule has 0 amide bonds. The number of nitriles is 1. The quantitative estimate of drug-likeness (QED) is 0.776. The largest absolute Gasteiger partial charge is 0.329 e. The van der Waals surface area contributed by atoms with Gasteiger partial charge in [0.25, 0.3) is 0 Å². The Bertz CT molecular complexity index is 491. The van der Waals surface area contributed by atoms with Gasteiger partial charge < -0.3 is 5.43 Å². The van der Waals surface area contributed by atoms with Crippen molar-refractivity contribution in [3.63, 3.8) is 0 Å². The summed E-state index contributed by atoms with van der Waals surface area (Å²) in [7, 11) is 1.86. The molecule has 0 bridgehead atoms. The van der Waals surface area contributed by atoms with E-state index in [1.807, 2.05) is 42.2 Å². The Morgan fingerprint density at radius 2 is 2.21 bits per heavy atom. The number of hydrogen-bond donors (Lipinski definition) is 1. The lowest BCUT2D eigenvalue weighted by molar-refractivity contribution is 0.968. The van der Waals surface area contributed by atoms with Gasteiger partial charge in [-0.05, 0) is 11.6 Å². The van der Waals surface area contributed by atoms with E-state index in [4.69, 9.17) is 5.26 Å². The predicted octanol–water partition coefficient (Wildman–Crippen LogP) is 1.88. The molecule has 0 atom stereocenters. The third-order valence-corrected chi connectivity index (χ3v) is 2.30. The summed E-state index contributed by atoms with van der Waals surface area (Å²) in [5, 5.41) is 9.82. The molecule has 70 valence electrons. The van der Waals surface area contributed by atoms with Crippen molar-refractivity contribution in [2.45, 2.75) is 6.42 Å². The summed E-state index contributed by atoms with van der Waals surface area (Å²) in [4.78, 5) is 0. The zero-order valence-electron chi connectivity index (χ0n) is 7.99. The van der Waals surface area contributed by atoms with Gasteiger partial charge in [0.2, 0.25) is 0 Å². The Morgan fingerprint density at radius 3 is 2.93 bits per heavy atom. The molecule has 0 aliphatic rings. The van der Waals surface area contributed by atoms with E-state index < -0.39 is 0 Å². The lowest BCUT2D eigenvalue weighted by atomic mass is 10.1. The van der Waals surface area contributed by atoms with Gasteiger partial charge in [0.1, 0.15) is 0 Å². The van der Waals surface area contributed by atoms with Gasteiger partial charge in [-0.2, -0.15) is 5.26 Å². The van der Waals surface area contributed by atoms with Gasteiger partial charge in [0.15, 0.2) is 0 Å². The molecule has 0 saturated heterocycles. The molecular weight excluding hydrogens is 174 g/mol. The number of rotatable bonds is 2. The molecule has 0 aliphatic carbocycles. The zero-order chi connectivity index (χ0) is 9.97. The van der Waals surface area contributed by atoms with Crippen molar-refractivity contribution < 1.29 is 0 Å². The number of para-hydroxylation sites is 1. The number of aromatic nitrogens is 1. The molecule has 1 heterocycles. The van der Waals surface area contributed by atoms with Crippen LogP contribution >= 0.6 is 0 Å². The van der Waals surface area contributed by atoms with E-state index >= 15 is 0 Å². The molecule has 0 fully saturated rings. The van der Waals surface area contributed by atoms with E-state index in [2.05, 4.69) is 11.5 Å². The second-order valence-electron chi connectivity index (χ2n) is 3.10. The number of hydrogen-bond acceptors (Lipinski definition) is 2. The van der Waals surface area contributed by atoms with Crippen LogP contribution in [0.3, 0.4) is 0 Å². The molecule has 0 radical (unpaired) electrons. The normalized spacial score (nSPS) is 10.0. The molecule has 1 aromatic carbocycles. The smallest absolute Gasteiger partial charge is 0.0695 e. The van der Waals surface area contributed by atoms with Gasteiger partial charge in [0.05, 0.1) is 18.0 Å². The molecule has 0 aliphatic heterocycles. The summed E-state index contributed by atoms with van der Waals surface area (Å²) in [6.07, 6.45) is 2.42. The average molecular weight is 185 g/mol. The average Bonchev–Trinajstić information content (AvgIpc) is 2.58. The SMILES string of the molecule is CNn1cc(CC#N)c2ccccc21. The highest BCUT2D eigenvalue weighted by Crippen LogP contribution is 2.20. The minimum atomic E-state index is 0.454.